The molecule has 4 rings (SSSR count). The van der Waals surface area contributed by atoms with Crippen LogP contribution < -0.4 is 10.2 Å². The molecule has 0 atom stereocenters. The number of phenols is 1. The zero-order valence-electron chi connectivity index (χ0n) is 15.5. The van der Waals surface area contributed by atoms with Crippen LogP contribution in [-0.4, -0.2) is 68.8 Å². The van der Waals surface area contributed by atoms with Gasteiger partial charge < -0.3 is 20.1 Å². The van der Waals surface area contributed by atoms with E-state index in [0.717, 1.165) is 0 Å². The van der Waals surface area contributed by atoms with Crippen LogP contribution in [-0.2, 0) is 16.1 Å². The largest absolute Gasteiger partial charge is 0.508 e. The fourth-order valence-corrected chi connectivity index (χ4v) is 3.10. The van der Waals surface area contributed by atoms with Gasteiger partial charge in [-0.2, -0.15) is 0 Å². The van der Waals surface area contributed by atoms with Crippen molar-refractivity contribution >= 4 is 22.9 Å². The highest BCUT2D eigenvalue weighted by Crippen LogP contribution is 2.28. The predicted octanol–water partition coefficient (Wildman–Crippen LogP) is 0.567. The van der Waals surface area contributed by atoms with Crippen molar-refractivity contribution in [3.05, 3.63) is 24.3 Å². The number of anilines is 1. The Labute approximate surface area is 161 Å². The summed E-state index contributed by atoms with van der Waals surface area (Å²) in [6.07, 6.45) is 0. The molecule has 1 aliphatic rings. The van der Waals surface area contributed by atoms with E-state index in [2.05, 4.69) is 25.5 Å². The summed E-state index contributed by atoms with van der Waals surface area (Å²) >= 11 is 0. The second-order valence-corrected chi connectivity index (χ2v) is 6.49. The molecule has 0 bridgehead atoms. The number of benzene rings is 1. The molecule has 2 N–H and O–H groups in total. The van der Waals surface area contributed by atoms with Crippen LogP contribution in [0.4, 0.5) is 5.82 Å². The number of nitrogens with zero attached hydrogens (tertiary/aromatic N) is 6. The van der Waals surface area contributed by atoms with E-state index in [-0.39, 0.29) is 11.7 Å². The molecule has 28 heavy (non-hydrogen) atoms. The van der Waals surface area contributed by atoms with Gasteiger partial charge in [-0.25, -0.2) is 14.6 Å². The fourth-order valence-electron chi connectivity index (χ4n) is 3.10. The van der Waals surface area contributed by atoms with Gasteiger partial charge in [-0.15, -0.1) is 5.10 Å². The van der Waals surface area contributed by atoms with E-state index in [0.29, 0.717) is 67.8 Å². The molecule has 10 nitrogen and oxygen atoms in total. The highest BCUT2D eigenvalue weighted by molar-refractivity contribution is 5.85. The van der Waals surface area contributed by atoms with Gasteiger partial charge in [0.15, 0.2) is 22.8 Å². The zero-order chi connectivity index (χ0) is 19.5. The molecule has 1 aromatic carbocycles. The van der Waals surface area contributed by atoms with Crippen molar-refractivity contribution in [1.29, 1.82) is 0 Å². The summed E-state index contributed by atoms with van der Waals surface area (Å²) < 4.78 is 7.10. The number of morpholine rings is 1. The first kappa shape index (κ1) is 18.1. The number of carbonyl (C=O) groups excluding carboxylic acids is 1. The number of phenolic OH excluding ortho intramolecular Hbond substituents is 1. The highest BCUT2D eigenvalue weighted by atomic mass is 16.5. The Morgan fingerprint density at radius 2 is 2.11 bits per heavy atom. The maximum atomic E-state index is 11.1. The van der Waals surface area contributed by atoms with Gasteiger partial charge in [0.25, 0.3) is 0 Å². The summed E-state index contributed by atoms with van der Waals surface area (Å²) in [5, 5.41) is 21.1. The van der Waals surface area contributed by atoms with E-state index in [9.17, 15) is 9.90 Å². The summed E-state index contributed by atoms with van der Waals surface area (Å²) in [6, 6.07) is 6.81. The van der Waals surface area contributed by atoms with Crippen molar-refractivity contribution in [1.82, 2.24) is 30.3 Å². The Morgan fingerprint density at radius 3 is 2.86 bits per heavy atom. The van der Waals surface area contributed by atoms with Crippen LogP contribution in [0.1, 0.15) is 6.92 Å². The summed E-state index contributed by atoms with van der Waals surface area (Å²) in [6.45, 7) is 4.96. The van der Waals surface area contributed by atoms with E-state index in [1.165, 1.54) is 6.92 Å². The molecule has 1 saturated heterocycles. The van der Waals surface area contributed by atoms with E-state index in [1.54, 1.807) is 22.9 Å². The second-order valence-electron chi connectivity index (χ2n) is 6.49. The Balaban J connectivity index is 1.79. The number of fused-ring (bicyclic) bond motifs is 1. The average molecular weight is 383 g/mol. The summed E-state index contributed by atoms with van der Waals surface area (Å²) in [7, 11) is 0. The smallest absolute Gasteiger partial charge is 0.216 e. The standard InChI is InChI=1S/C18H21N7O3/c1-12(26)19-5-6-25-18-15(22-23-25)17(24-7-9-28-10-8-24)20-16(21-18)13-3-2-4-14(27)11-13/h2-4,11,27H,5-10H2,1H3,(H,19,26). The lowest BCUT2D eigenvalue weighted by molar-refractivity contribution is -0.118. The van der Waals surface area contributed by atoms with Crippen molar-refractivity contribution in [2.75, 3.05) is 37.7 Å². The molecular weight excluding hydrogens is 362 g/mol. The molecule has 2 aromatic heterocycles. The number of aromatic hydroxyl groups is 1. The van der Waals surface area contributed by atoms with Gasteiger partial charge in [0, 0.05) is 32.1 Å². The van der Waals surface area contributed by atoms with Gasteiger partial charge in [0.2, 0.25) is 5.91 Å². The molecule has 0 spiro atoms. The van der Waals surface area contributed by atoms with Gasteiger partial charge in [-0.1, -0.05) is 17.3 Å². The molecule has 0 saturated carbocycles. The second kappa shape index (κ2) is 7.77. The lowest BCUT2D eigenvalue weighted by Crippen LogP contribution is -2.37. The fraction of sp³-hybridized carbons (Fsp3) is 0.389. The number of aromatic nitrogens is 5. The third-order valence-electron chi connectivity index (χ3n) is 4.46. The van der Waals surface area contributed by atoms with E-state index >= 15 is 0 Å². The normalized spacial score (nSPS) is 14.4. The molecule has 0 radical (unpaired) electrons. The molecule has 1 aliphatic heterocycles. The number of amides is 1. The van der Waals surface area contributed by atoms with Crippen LogP contribution in [0.5, 0.6) is 5.75 Å². The maximum Gasteiger partial charge on any atom is 0.216 e. The number of hydrogen-bond acceptors (Lipinski definition) is 8. The van der Waals surface area contributed by atoms with Crippen molar-refractivity contribution in [3.63, 3.8) is 0 Å². The quantitative estimate of drug-likeness (QED) is 0.656. The van der Waals surface area contributed by atoms with Crippen LogP contribution in [0.2, 0.25) is 0 Å². The third kappa shape index (κ3) is 3.72. The van der Waals surface area contributed by atoms with Crippen LogP contribution in [0.3, 0.4) is 0 Å². The van der Waals surface area contributed by atoms with Crippen LogP contribution in [0, 0.1) is 0 Å². The molecule has 1 amide bonds. The number of rotatable bonds is 5. The Kier molecular flexibility index (Phi) is 5.02. The van der Waals surface area contributed by atoms with Crippen LogP contribution in [0.15, 0.2) is 24.3 Å². The molecule has 0 aliphatic carbocycles. The number of nitrogens with one attached hydrogen (secondary N) is 1. The third-order valence-corrected chi connectivity index (χ3v) is 4.46. The van der Waals surface area contributed by atoms with E-state index in [1.807, 2.05) is 6.07 Å². The summed E-state index contributed by atoms with van der Waals surface area (Å²) in [5.74, 6) is 1.21. The minimum atomic E-state index is -0.103. The topological polar surface area (TPSA) is 118 Å². The van der Waals surface area contributed by atoms with Gasteiger partial charge in [-0.3, -0.25) is 4.79 Å². The lowest BCUT2D eigenvalue weighted by atomic mass is 10.2. The Hall–Kier alpha value is -3.27. The van der Waals surface area contributed by atoms with Gasteiger partial charge in [-0.05, 0) is 12.1 Å². The molecule has 0 unspecified atom stereocenters. The first-order chi connectivity index (χ1) is 13.6. The van der Waals surface area contributed by atoms with Crippen molar-refractivity contribution in [3.8, 4) is 17.1 Å². The number of ether oxygens (including phenoxy) is 1. The summed E-state index contributed by atoms with van der Waals surface area (Å²) in [5.41, 5.74) is 1.89. The monoisotopic (exact) mass is 383 g/mol. The van der Waals surface area contributed by atoms with Crippen molar-refractivity contribution < 1.29 is 14.6 Å². The molecule has 146 valence electrons. The van der Waals surface area contributed by atoms with Gasteiger partial charge >= 0.3 is 0 Å². The first-order valence-electron chi connectivity index (χ1n) is 9.09. The Bertz CT molecular complexity index is 998. The zero-order valence-corrected chi connectivity index (χ0v) is 15.5. The molecule has 10 heteroatoms. The van der Waals surface area contributed by atoms with Crippen LogP contribution >= 0.6 is 0 Å². The lowest BCUT2D eigenvalue weighted by Gasteiger charge is -2.28. The molecule has 3 aromatic rings. The summed E-state index contributed by atoms with van der Waals surface area (Å²) in [4.78, 5) is 22.6. The van der Waals surface area contributed by atoms with E-state index in [4.69, 9.17) is 9.72 Å². The van der Waals surface area contributed by atoms with Gasteiger partial charge in [0.1, 0.15) is 5.75 Å². The highest BCUT2D eigenvalue weighted by Gasteiger charge is 2.22. The first-order valence-corrected chi connectivity index (χ1v) is 9.09. The predicted molar refractivity (Wildman–Crippen MR) is 102 cm³/mol. The number of hydrogen-bond donors (Lipinski definition) is 2. The van der Waals surface area contributed by atoms with Gasteiger partial charge in [0.05, 0.1) is 19.8 Å². The minimum absolute atomic E-state index is 0.103. The minimum Gasteiger partial charge on any atom is -0.508 e. The molecule has 3 heterocycles. The average Bonchev–Trinajstić information content (AvgIpc) is 3.11. The SMILES string of the molecule is CC(=O)NCCn1nnc2c(N3CCOCC3)nc(-c3cccc(O)c3)nc21. The maximum absolute atomic E-state index is 11.1. The van der Waals surface area contributed by atoms with Crippen LogP contribution in [0.25, 0.3) is 22.6 Å². The van der Waals surface area contributed by atoms with Crippen molar-refractivity contribution in [2.24, 2.45) is 0 Å². The number of carbonyl (C=O) groups is 1. The van der Waals surface area contributed by atoms with E-state index < -0.39 is 0 Å². The molecule has 1 fully saturated rings. The van der Waals surface area contributed by atoms with Crippen molar-refractivity contribution in [2.45, 2.75) is 13.5 Å². The molecular formula is C18H21N7O3. The Morgan fingerprint density at radius 1 is 1.29 bits per heavy atom.